The summed E-state index contributed by atoms with van der Waals surface area (Å²) >= 11 is 0. The van der Waals surface area contributed by atoms with E-state index in [9.17, 15) is 19.2 Å². The molecular weight excluding hydrogens is 412 g/mol. The Balaban J connectivity index is 1.35. The number of aromatic amines is 2. The van der Waals surface area contributed by atoms with E-state index in [1.807, 2.05) is 36.1 Å². The van der Waals surface area contributed by atoms with Crippen LogP contribution in [-0.2, 0) is 11.2 Å². The molecule has 32 heavy (non-hydrogen) atoms. The molecule has 2 amide bonds. The molecule has 10 heteroatoms. The highest BCUT2D eigenvalue weighted by atomic mass is 16.2. The highest BCUT2D eigenvalue weighted by molar-refractivity contribution is 5.97. The van der Waals surface area contributed by atoms with E-state index in [4.69, 9.17) is 0 Å². The van der Waals surface area contributed by atoms with E-state index in [1.165, 1.54) is 12.3 Å². The number of anilines is 1. The van der Waals surface area contributed by atoms with Crippen LogP contribution in [0.15, 0.2) is 46.1 Å². The second-order valence-corrected chi connectivity index (χ2v) is 7.66. The quantitative estimate of drug-likeness (QED) is 0.536. The molecule has 0 unspecified atom stereocenters. The minimum Gasteiger partial charge on any atom is -0.336 e. The first-order valence-corrected chi connectivity index (χ1v) is 10.5. The van der Waals surface area contributed by atoms with E-state index in [0.29, 0.717) is 26.2 Å². The van der Waals surface area contributed by atoms with Crippen LogP contribution in [0.2, 0.25) is 0 Å². The number of aryl methyl sites for hydroxylation is 1. The predicted molar refractivity (Wildman–Crippen MR) is 120 cm³/mol. The second kappa shape index (κ2) is 9.15. The van der Waals surface area contributed by atoms with E-state index in [2.05, 4.69) is 20.3 Å². The third-order valence-corrected chi connectivity index (χ3v) is 5.54. The summed E-state index contributed by atoms with van der Waals surface area (Å²) in [6, 6.07) is 9.17. The number of H-pyrrole nitrogens is 2. The van der Waals surface area contributed by atoms with E-state index >= 15 is 0 Å². The third kappa shape index (κ3) is 4.59. The van der Waals surface area contributed by atoms with Crippen LogP contribution in [0.5, 0.6) is 0 Å². The summed E-state index contributed by atoms with van der Waals surface area (Å²) in [6.45, 7) is 4.32. The first-order valence-electron chi connectivity index (χ1n) is 10.5. The minimum absolute atomic E-state index is 0.0855. The summed E-state index contributed by atoms with van der Waals surface area (Å²) in [6.07, 6.45) is 2.19. The number of fused-ring (bicyclic) bond motifs is 1. The SMILES string of the molecule is CCc1ccccc1NC(=O)CN1CCN(C(=O)c2cnc3[nH]c(=O)[nH]c(=O)c3c2)CC1. The Morgan fingerprint density at radius 1 is 1.09 bits per heavy atom. The molecule has 3 aromatic rings. The van der Waals surface area contributed by atoms with Crippen LogP contribution < -0.4 is 16.6 Å². The number of hydrogen-bond donors (Lipinski definition) is 3. The largest absolute Gasteiger partial charge is 0.336 e. The standard InChI is InChI=1S/C22H24N6O4/c1-2-14-5-3-4-6-17(14)24-18(29)13-27-7-9-28(10-8-27)21(31)15-11-16-19(23-12-15)25-22(32)26-20(16)30/h3-6,11-12H,2,7-10,13H2,1H3,(H,24,29)(H2,23,25,26,30,32). The van der Waals surface area contributed by atoms with E-state index in [0.717, 1.165) is 17.7 Å². The van der Waals surface area contributed by atoms with Crippen LogP contribution >= 0.6 is 0 Å². The normalized spacial score (nSPS) is 14.5. The number of rotatable bonds is 5. The lowest BCUT2D eigenvalue weighted by Gasteiger charge is -2.34. The average molecular weight is 436 g/mol. The second-order valence-electron chi connectivity index (χ2n) is 7.66. The number of para-hydroxylation sites is 1. The number of carbonyl (C=O) groups is 2. The summed E-state index contributed by atoms with van der Waals surface area (Å²) in [5.74, 6) is -0.330. The molecule has 3 heterocycles. The van der Waals surface area contributed by atoms with Crippen LogP contribution in [0.3, 0.4) is 0 Å². The summed E-state index contributed by atoms with van der Waals surface area (Å²) in [7, 11) is 0. The summed E-state index contributed by atoms with van der Waals surface area (Å²) in [5, 5.41) is 3.12. The van der Waals surface area contributed by atoms with Crippen molar-refractivity contribution < 1.29 is 9.59 Å². The van der Waals surface area contributed by atoms with Crippen molar-refractivity contribution >= 4 is 28.5 Å². The maximum absolute atomic E-state index is 12.9. The Morgan fingerprint density at radius 2 is 1.84 bits per heavy atom. The zero-order chi connectivity index (χ0) is 22.7. The lowest BCUT2D eigenvalue weighted by Crippen LogP contribution is -2.50. The molecule has 0 aliphatic carbocycles. The Bertz CT molecular complexity index is 1270. The smallest absolute Gasteiger partial charge is 0.327 e. The van der Waals surface area contributed by atoms with E-state index in [1.54, 1.807) is 4.90 Å². The van der Waals surface area contributed by atoms with Crippen LogP contribution in [0.1, 0.15) is 22.8 Å². The Morgan fingerprint density at radius 3 is 2.59 bits per heavy atom. The molecule has 0 spiro atoms. The minimum atomic E-state index is -0.646. The maximum Gasteiger partial charge on any atom is 0.327 e. The zero-order valence-electron chi connectivity index (χ0n) is 17.7. The van der Waals surface area contributed by atoms with Gasteiger partial charge in [0.2, 0.25) is 5.91 Å². The molecule has 1 fully saturated rings. The predicted octanol–water partition coefficient (Wildman–Crippen LogP) is 0.570. The summed E-state index contributed by atoms with van der Waals surface area (Å²) in [5.41, 5.74) is 1.09. The molecule has 1 aromatic carbocycles. The third-order valence-electron chi connectivity index (χ3n) is 5.54. The molecular formula is C22H24N6O4. The van der Waals surface area contributed by atoms with Gasteiger partial charge in [0.1, 0.15) is 5.65 Å². The molecule has 0 radical (unpaired) electrons. The van der Waals surface area contributed by atoms with Crippen molar-refractivity contribution in [2.45, 2.75) is 13.3 Å². The maximum atomic E-state index is 12.9. The number of hydrogen-bond acceptors (Lipinski definition) is 6. The number of piperazine rings is 1. The lowest BCUT2D eigenvalue weighted by atomic mass is 10.1. The number of nitrogens with zero attached hydrogens (tertiary/aromatic N) is 3. The summed E-state index contributed by atoms with van der Waals surface area (Å²) in [4.78, 5) is 60.9. The number of nitrogens with one attached hydrogen (secondary N) is 3. The number of pyridine rings is 1. The topological polar surface area (TPSA) is 131 Å². The molecule has 0 bridgehead atoms. The molecule has 166 valence electrons. The fourth-order valence-corrected chi connectivity index (χ4v) is 3.80. The Labute approximate surface area is 183 Å². The van der Waals surface area contributed by atoms with Crippen molar-refractivity contribution in [1.29, 1.82) is 0 Å². The number of carbonyl (C=O) groups excluding carboxylic acids is 2. The molecule has 2 aromatic heterocycles. The Kier molecular flexibility index (Phi) is 6.13. The Hall–Kier alpha value is -3.79. The van der Waals surface area contributed by atoms with Crippen molar-refractivity contribution in [2.24, 2.45) is 0 Å². The number of benzene rings is 1. The van der Waals surface area contributed by atoms with Gasteiger partial charge in [-0.25, -0.2) is 9.78 Å². The van der Waals surface area contributed by atoms with E-state index in [-0.39, 0.29) is 35.0 Å². The van der Waals surface area contributed by atoms with Gasteiger partial charge in [-0.15, -0.1) is 0 Å². The molecule has 4 rings (SSSR count). The van der Waals surface area contributed by atoms with Crippen LogP contribution in [0, 0.1) is 0 Å². The van der Waals surface area contributed by atoms with Crippen molar-refractivity contribution in [3.05, 3.63) is 68.5 Å². The first-order chi connectivity index (χ1) is 15.4. The molecule has 1 aliphatic rings. The number of amides is 2. The van der Waals surface area contributed by atoms with Gasteiger partial charge < -0.3 is 10.2 Å². The van der Waals surface area contributed by atoms with Crippen molar-refractivity contribution in [3.63, 3.8) is 0 Å². The summed E-state index contributed by atoms with van der Waals surface area (Å²) < 4.78 is 0. The highest BCUT2D eigenvalue weighted by Crippen LogP contribution is 2.16. The van der Waals surface area contributed by atoms with Crippen molar-refractivity contribution in [2.75, 3.05) is 38.0 Å². The molecule has 10 nitrogen and oxygen atoms in total. The van der Waals surface area contributed by atoms with Crippen LogP contribution in [0.25, 0.3) is 11.0 Å². The average Bonchev–Trinajstić information content (AvgIpc) is 2.79. The molecule has 1 saturated heterocycles. The molecule has 3 N–H and O–H groups in total. The van der Waals surface area contributed by atoms with Gasteiger partial charge in [0, 0.05) is 38.1 Å². The zero-order valence-corrected chi connectivity index (χ0v) is 17.7. The van der Waals surface area contributed by atoms with Gasteiger partial charge in [-0.05, 0) is 24.1 Å². The number of aromatic nitrogens is 3. The van der Waals surface area contributed by atoms with Crippen LogP contribution in [0.4, 0.5) is 5.69 Å². The van der Waals surface area contributed by atoms with Gasteiger partial charge in [0.15, 0.2) is 0 Å². The van der Waals surface area contributed by atoms with Gasteiger partial charge >= 0.3 is 5.69 Å². The van der Waals surface area contributed by atoms with Gasteiger partial charge in [0.25, 0.3) is 11.5 Å². The van der Waals surface area contributed by atoms with Gasteiger partial charge in [-0.3, -0.25) is 29.3 Å². The van der Waals surface area contributed by atoms with Gasteiger partial charge in [-0.2, -0.15) is 0 Å². The monoisotopic (exact) mass is 436 g/mol. The van der Waals surface area contributed by atoms with Crippen LogP contribution in [-0.4, -0.2) is 69.3 Å². The fraction of sp³-hybridized carbons (Fsp3) is 0.318. The first kappa shape index (κ1) is 21.4. The van der Waals surface area contributed by atoms with Gasteiger partial charge in [-0.1, -0.05) is 25.1 Å². The molecule has 0 atom stereocenters. The lowest BCUT2D eigenvalue weighted by molar-refractivity contribution is -0.117. The molecule has 0 saturated carbocycles. The molecule has 1 aliphatic heterocycles. The van der Waals surface area contributed by atoms with Gasteiger partial charge in [0.05, 0.1) is 17.5 Å². The van der Waals surface area contributed by atoms with Crippen molar-refractivity contribution in [3.8, 4) is 0 Å². The van der Waals surface area contributed by atoms with E-state index < -0.39 is 11.2 Å². The highest BCUT2D eigenvalue weighted by Gasteiger charge is 2.24. The fourth-order valence-electron chi connectivity index (χ4n) is 3.80. The van der Waals surface area contributed by atoms with Crippen molar-refractivity contribution in [1.82, 2.24) is 24.8 Å².